The van der Waals surface area contributed by atoms with Crippen LogP contribution < -0.4 is 4.74 Å². The van der Waals surface area contributed by atoms with Crippen molar-refractivity contribution >= 4 is 5.91 Å². The van der Waals surface area contributed by atoms with Gasteiger partial charge >= 0.3 is 0 Å². The Balaban J connectivity index is 1.71. The molecule has 6 nitrogen and oxygen atoms in total. The van der Waals surface area contributed by atoms with E-state index in [1.54, 1.807) is 7.11 Å². The van der Waals surface area contributed by atoms with Gasteiger partial charge < -0.3 is 14.2 Å². The van der Waals surface area contributed by atoms with Gasteiger partial charge in [-0.3, -0.25) is 4.79 Å². The fraction of sp³-hybridized carbons (Fsp3) is 0.318. The van der Waals surface area contributed by atoms with Crippen molar-refractivity contribution in [2.24, 2.45) is 0 Å². The number of hydrogen-bond donors (Lipinski definition) is 0. The first-order valence-corrected chi connectivity index (χ1v) is 9.45. The van der Waals surface area contributed by atoms with E-state index in [4.69, 9.17) is 9.26 Å². The molecule has 0 saturated heterocycles. The minimum atomic E-state index is 0.0162. The van der Waals surface area contributed by atoms with Gasteiger partial charge in [-0.25, -0.2) is 0 Å². The normalized spacial score (nSPS) is 11.8. The number of carbonyl (C=O) groups is 1. The van der Waals surface area contributed by atoms with E-state index in [1.165, 1.54) is 0 Å². The van der Waals surface area contributed by atoms with Gasteiger partial charge in [0.15, 0.2) is 0 Å². The van der Waals surface area contributed by atoms with Crippen LogP contribution >= 0.6 is 0 Å². The Hall–Kier alpha value is -3.15. The van der Waals surface area contributed by atoms with Gasteiger partial charge in [0.1, 0.15) is 5.75 Å². The van der Waals surface area contributed by atoms with Crippen LogP contribution in [0.2, 0.25) is 0 Å². The van der Waals surface area contributed by atoms with Crippen molar-refractivity contribution in [3.63, 3.8) is 0 Å². The van der Waals surface area contributed by atoms with E-state index in [-0.39, 0.29) is 11.9 Å². The minimum Gasteiger partial charge on any atom is -0.497 e. The van der Waals surface area contributed by atoms with Crippen molar-refractivity contribution in [2.75, 3.05) is 13.7 Å². The summed E-state index contributed by atoms with van der Waals surface area (Å²) in [6.07, 6.45) is 1.37. The Labute approximate surface area is 165 Å². The molecule has 0 radical (unpaired) electrons. The van der Waals surface area contributed by atoms with Gasteiger partial charge in [-0.2, -0.15) is 4.98 Å². The van der Waals surface area contributed by atoms with Crippen molar-refractivity contribution < 1.29 is 14.1 Å². The fourth-order valence-corrected chi connectivity index (χ4v) is 2.94. The average molecular weight is 379 g/mol. The number of aromatic nitrogens is 2. The Bertz CT molecular complexity index is 908. The van der Waals surface area contributed by atoms with Crippen LogP contribution in [-0.4, -0.2) is 40.6 Å². The van der Waals surface area contributed by atoms with Crippen LogP contribution in [0.1, 0.15) is 36.5 Å². The molecule has 0 unspecified atom stereocenters. The highest BCUT2D eigenvalue weighted by Crippen LogP contribution is 2.21. The zero-order chi connectivity index (χ0) is 19.9. The maximum atomic E-state index is 12.9. The molecule has 0 fully saturated rings. The third kappa shape index (κ3) is 4.57. The molecule has 146 valence electrons. The summed E-state index contributed by atoms with van der Waals surface area (Å²) in [5, 5.41) is 4.06. The van der Waals surface area contributed by atoms with Crippen molar-refractivity contribution in [2.45, 2.75) is 32.7 Å². The Morgan fingerprint density at radius 1 is 1.18 bits per heavy atom. The molecule has 1 aromatic heterocycles. The van der Waals surface area contributed by atoms with Gasteiger partial charge in [-0.1, -0.05) is 42.4 Å². The highest BCUT2D eigenvalue weighted by atomic mass is 16.5. The van der Waals surface area contributed by atoms with E-state index in [0.717, 1.165) is 17.7 Å². The summed E-state index contributed by atoms with van der Waals surface area (Å²) >= 11 is 0. The number of nitrogens with zero attached hydrogens (tertiary/aromatic N) is 3. The second-order valence-corrected chi connectivity index (χ2v) is 6.62. The molecule has 0 N–H and O–H groups in total. The molecule has 0 aliphatic heterocycles. The monoisotopic (exact) mass is 379 g/mol. The summed E-state index contributed by atoms with van der Waals surface area (Å²) in [5.41, 5.74) is 1.51. The van der Waals surface area contributed by atoms with Gasteiger partial charge in [-0.05, 0) is 37.6 Å². The van der Waals surface area contributed by atoms with Gasteiger partial charge in [0, 0.05) is 30.1 Å². The molecular formula is C22H25N3O3. The molecule has 1 heterocycles. The van der Waals surface area contributed by atoms with Crippen LogP contribution in [0.25, 0.3) is 11.4 Å². The van der Waals surface area contributed by atoms with Crippen molar-refractivity contribution in [3.8, 4) is 17.1 Å². The first-order chi connectivity index (χ1) is 13.6. The molecular weight excluding hydrogens is 354 g/mol. The van der Waals surface area contributed by atoms with Gasteiger partial charge in [-0.15, -0.1) is 0 Å². The number of hydrogen-bond acceptors (Lipinski definition) is 5. The van der Waals surface area contributed by atoms with Crippen molar-refractivity contribution in [1.29, 1.82) is 0 Å². The number of rotatable bonds is 8. The van der Waals surface area contributed by atoms with E-state index < -0.39 is 0 Å². The fourth-order valence-electron chi connectivity index (χ4n) is 2.94. The largest absolute Gasteiger partial charge is 0.497 e. The molecule has 0 spiro atoms. The smallest absolute Gasteiger partial charge is 0.254 e. The lowest BCUT2D eigenvalue weighted by atomic mass is 10.1. The Kier molecular flexibility index (Phi) is 6.42. The van der Waals surface area contributed by atoms with Crippen molar-refractivity contribution in [1.82, 2.24) is 15.0 Å². The highest BCUT2D eigenvalue weighted by Gasteiger charge is 2.21. The third-order valence-corrected chi connectivity index (χ3v) is 4.77. The lowest BCUT2D eigenvalue weighted by molar-refractivity contribution is 0.0686. The number of amides is 1. The zero-order valence-corrected chi connectivity index (χ0v) is 16.5. The van der Waals surface area contributed by atoms with Gasteiger partial charge in [0.25, 0.3) is 5.91 Å². The van der Waals surface area contributed by atoms with E-state index >= 15 is 0 Å². The molecule has 3 rings (SSSR count). The predicted octanol–water partition coefficient (Wildman–Crippen LogP) is 4.23. The Morgan fingerprint density at radius 3 is 2.68 bits per heavy atom. The topological polar surface area (TPSA) is 68.5 Å². The van der Waals surface area contributed by atoms with E-state index in [1.807, 2.05) is 59.5 Å². The number of methoxy groups -OCH3 is 1. The van der Waals surface area contributed by atoms with Crippen LogP contribution in [0.3, 0.4) is 0 Å². The summed E-state index contributed by atoms with van der Waals surface area (Å²) in [6.45, 7) is 4.64. The molecule has 3 aromatic rings. The summed E-state index contributed by atoms with van der Waals surface area (Å²) < 4.78 is 10.6. The SMILES string of the molecule is CC[C@@H](C)N(CCc1nc(-c2cccc(OC)c2)no1)C(=O)c1ccccc1. The van der Waals surface area contributed by atoms with Gasteiger partial charge in [0.05, 0.1) is 7.11 Å². The number of ether oxygens (including phenoxy) is 1. The summed E-state index contributed by atoms with van der Waals surface area (Å²) in [6, 6.07) is 17.0. The first-order valence-electron chi connectivity index (χ1n) is 9.45. The second-order valence-electron chi connectivity index (χ2n) is 6.62. The molecule has 0 saturated carbocycles. The van der Waals surface area contributed by atoms with Crippen molar-refractivity contribution in [3.05, 3.63) is 66.1 Å². The molecule has 28 heavy (non-hydrogen) atoms. The van der Waals surface area contributed by atoms with E-state index in [9.17, 15) is 4.79 Å². The van der Waals surface area contributed by atoms with Crippen LogP contribution in [0.15, 0.2) is 59.1 Å². The molecule has 1 atom stereocenters. The summed E-state index contributed by atoms with van der Waals surface area (Å²) in [5.74, 6) is 1.77. The molecule has 0 bridgehead atoms. The number of carbonyl (C=O) groups excluding carboxylic acids is 1. The van der Waals surface area contributed by atoms with Crippen LogP contribution in [0.4, 0.5) is 0 Å². The molecule has 1 amide bonds. The highest BCUT2D eigenvalue weighted by molar-refractivity contribution is 5.94. The summed E-state index contributed by atoms with van der Waals surface area (Å²) in [4.78, 5) is 19.2. The predicted molar refractivity (Wildman–Crippen MR) is 107 cm³/mol. The standard InChI is InChI=1S/C22H25N3O3/c1-4-16(2)25(22(26)17-9-6-5-7-10-17)14-13-20-23-21(24-28-20)18-11-8-12-19(15-18)27-3/h5-12,15-16H,4,13-14H2,1-3H3/t16-/m1/s1. The lowest BCUT2D eigenvalue weighted by Gasteiger charge is -2.28. The lowest BCUT2D eigenvalue weighted by Crippen LogP contribution is -2.39. The summed E-state index contributed by atoms with van der Waals surface area (Å²) in [7, 11) is 1.62. The van der Waals surface area contributed by atoms with Crippen LogP contribution in [-0.2, 0) is 6.42 Å². The molecule has 6 heteroatoms. The van der Waals surface area contributed by atoms with Crippen LogP contribution in [0.5, 0.6) is 5.75 Å². The minimum absolute atomic E-state index is 0.0162. The molecule has 0 aliphatic carbocycles. The Morgan fingerprint density at radius 2 is 1.96 bits per heavy atom. The van der Waals surface area contributed by atoms with E-state index in [2.05, 4.69) is 24.0 Å². The zero-order valence-electron chi connectivity index (χ0n) is 16.5. The number of benzene rings is 2. The maximum absolute atomic E-state index is 12.9. The van der Waals surface area contributed by atoms with Crippen LogP contribution in [0, 0.1) is 0 Å². The first kappa shape index (κ1) is 19.6. The quantitative estimate of drug-likeness (QED) is 0.586. The molecule has 2 aromatic carbocycles. The maximum Gasteiger partial charge on any atom is 0.254 e. The van der Waals surface area contributed by atoms with E-state index in [0.29, 0.717) is 30.2 Å². The second kappa shape index (κ2) is 9.17. The third-order valence-electron chi connectivity index (χ3n) is 4.77. The average Bonchev–Trinajstić information content (AvgIpc) is 3.23. The van der Waals surface area contributed by atoms with Gasteiger partial charge in [0.2, 0.25) is 11.7 Å². The molecule has 0 aliphatic rings.